The zero-order valence-electron chi connectivity index (χ0n) is 10.5. The van der Waals surface area contributed by atoms with E-state index in [0.717, 1.165) is 27.9 Å². The lowest BCUT2D eigenvalue weighted by atomic mass is 10.2. The van der Waals surface area contributed by atoms with Crippen LogP contribution in [0.5, 0.6) is 0 Å². The summed E-state index contributed by atoms with van der Waals surface area (Å²) >= 11 is 6.29. The van der Waals surface area contributed by atoms with E-state index in [2.05, 4.69) is 28.4 Å². The highest BCUT2D eigenvalue weighted by atomic mass is 35.5. The summed E-state index contributed by atoms with van der Waals surface area (Å²) in [4.78, 5) is 0. The fourth-order valence-corrected chi connectivity index (χ4v) is 2.68. The first-order chi connectivity index (χ1) is 9.84. The average Bonchev–Trinajstić information content (AvgIpc) is 2.92. The first kappa shape index (κ1) is 11.4. The molecule has 0 aliphatic carbocycles. The maximum atomic E-state index is 6.29. The summed E-state index contributed by atoms with van der Waals surface area (Å²) in [7, 11) is 0. The molecule has 20 heavy (non-hydrogen) atoms. The molecule has 2 heterocycles. The summed E-state index contributed by atoms with van der Waals surface area (Å²) in [5.74, 6) is 0.766. The summed E-state index contributed by atoms with van der Waals surface area (Å²) in [6.07, 6.45) is 0. The molecule has 0 spiro atoms. The molecule has 4 heteroatoms. The quantitative estimate of drug-likeness (QED) is 0.523. The first-order valence-electron chi connectivity index (χ1n) is 6.32. The molecule has 0 unspecified atom stereocenters. The van der Waals surface area contributed by atoms with Gasteiger partial charge >= 0.3 is 0 Å². The largest absolute Gasteiger partial charge is 0.275 e. The van der Waals surface area contributed by atoms with Crippen LogP contribution < -0.4 is 0 Å². The molecule has 0 saturated heterocycles. The van der Waals surface area contributed by atoms with Gasteiger partial charge in [-0.3, -0.25) is 4.40 Å². The minimum atomic E-state index is 0.676. The van der Waals surface area contributed by atoms with Crippen molar-refractivity contribution in [3.05, 3.63) is 65.7 Å². The minimum Gasteiger partial charge on any atom is -0.275 e. The van der Waals surface area contributed by atoms with Crippen LogP contribution in [-0.4, -0.2) is 14.6 Å². The highest BCUT2D eigenvalue weighted by Gasteiger charge is 2.12. The van der Waals surface area contributed by atoms with Crippen LogP contribution >= 0.6 is 11.6 Å². The number of halogens is 1. The minimum absolute atomic E-state index is 0.676. The number of aromatic nitrogens is 3. The molecule has 4 aromatic rings. The molecule has 0 fully saturated rings. The van der Waals surface area contributed by atoms with Gasteiger partial charge in [-0.2, -0.15) is 0 Å². The smallest absolute Gasteiger partial charge is 0.170 e. The van der Waals surface area contributed by atoms with Crippen molar-refractivity contribution in [1.82, 2.24) is 14.6 Å². The summed E-state index contributed by atoms with van der Waals surface area (Å²) in [5, 5.41) is 10.4. The van der Waals surface area contributed by atoms with Gasteiger partial charge in [0.2, 0.25) is 0 Å². The monoisotopic (exact) mass is 279 g/mol. The van der Waals surface area contributed by atoms with Crippen molar-refractivity contribution in [3.8, 4) is 11.4 Å². The molecule has 0 aliphatic rings. The first-order valence-corrected chi connectivity index (χ1v) is 6.70. The lowest BCUT2D eigenvalue weighted by Crippen LogP contribution is -1.92. The highest BCUT2D eigenvalue weighted by molar-refractivity contribution is 6.33. The second-order valence-electron chi connectivity index (χ2n) is 4.59. The van der Waals surface area contributed by atoms with Crippen molar-refractivity contribution >= 4 is 28.2 Å². The predicted molar refractivity (Wildman–Crippen MR) is 80.9 cm³/mol. The van der Waals surface area contributed by atoms with E-state index in [1.54, 1.807) is 0 Å². The zero-order chi connectivity index (χ0) is 13.5. The normalized spacial score (nSPS) is 11.2. The summed E-state index contributed by atoms with van der Waals surface area (Å²) in [6, 6.07) is 19.9. The fraction of sp³-hybridized carbons (Fsp3) is 0. The Morgan fingerprint density at radius 1 is 0.800 bits per heavy atom. The number of hydrogen-bond donors (Lipinski definition) is 0. The standard InChI is InChI=1S/C16H10ClN3/c17-13-7-3-2-6-12(13)16-19-18-15-10-9-11-5-1-4-8-14(11)20(15)16/h1-10H. The molecule has 0 atom stereocenters. The third-order valence-corrected chi connectivity index (χ3v) is 3.72. The van der Waals surface area contributed by atoms with Gasteiger partial charge in [0.25, 0.3) is 0 Å². The van der Waals surface area contributed by atoms with Gasteiger partial charge in [0.05, 0.1) is 10.5 Å². The second-order valence-corrected chi connectivity index (χ2v) is 5.00. The third-order valence-electron chi connectivity index (χ3n) is 3.39. The van der Waals surface area contributed by atoms with Crippen LogP contribution in [0.3, 0.4) is 0 Å². The third kappa shape index (κ3) is 1.60. The van der Waals surface area contributed by atoms with Crippen molar-refractivity contribution in [3.63, 3.8) is 0 Å². The van der Waals surface area contributed by atoms with Crippen molar-refractivity contribution in [1.29, 1.82) is 0 Å². The predicted octanol–water partition coefficient (Wildman–Crippen LogP) is 4.20. The van der Waals surface area contributed by atoms with Gasteiger partial charge in [0.15, 0.2) is 11.5 Å². The molecule has 0 aliphatic heterocycles. The van der Waals surface area contributed by atoms with Crippen LogP contribution in [0.1, 0.15) is 0 Å². The van der Waals surface area contributed by atoms with Gasteiger partial charge in [-0.15, -0.1) is 10.2 Å². The number of benzene rings is 2. The van der Waals surface area contributed by atoms with Crippen LogP contribution in [-0.2, 0) is 0 Å². The number of para-hydroxylation sites is 1. The molecule has 0 N–H and O–H groups in total. The van der Waals surface area contributed by atoms with Crippen LogP contribution in [0.4, 0.5) is 0 Å². The summed E-state index contributed by atoms with van der Waals surface area (Å²) in [6.45, 7) is 0. The van der Waals surface area contributed by atoms with Crippen molar-refractivity contribution < 1.29 is 0 Å². The Morgan fingerprint density at radius 3 is 2.50 bits per heavy atom. The van der Waals surface area contributed by atoms with Gasteiger partial charge in [-0.25, -0.2) is 0 Å². The lowest BCUT2D eigenvalue weighted by Gasteiger charge is -2.06. The van der Waals surface area contributed by atoms with Gasteiger partial charge in [0.1, 0.15) is 0 Å². The Kier molecular flexibility index (Phi) is 2.47. The van der Waals surface area contributed by atoms with Crippen molar-refractivity contribution in [2.45, 2.75) is 0 Å². The highest BCUT2D eigenvalue weighted by Crippen LogP contribution is 2.28. The van der Waals surface area contributed by atoms with Gasteiger partial charge in [-0.05, 0) is 35.7 Å². The number of nitrogens with zero attached hydrogens (tertiary/aromatic N) is 3. The van der Waals surface area contributed by atoms with E-state index in [9.17, 15) is 0 Å². The molecule has 2 aromatic heterocycles. The summed E-state index contributed by atoms with van der Waals surface area (Å²) in [5.41, 5.74) is 2.78. The molecule has 0 radical (unpaired) electrons. The van der Waals surface area contributed by atoms with E-state index in [1.165, 1.54) is 0 Å². The number of hydrogen-bond acceptors (Lipinski definition) is 2. The fourth-order valence-electron chi connectivity index (χ4n) is 2.46. The SMILES string of the molecule is Clc1ccccc1-c1nnc2ccc3ccccc3n12. The van der Waals surface area contributed by atoms with E-state index in [1.807, 2.05) is 46.9 Å². The number of pyridine rings is 1. The average molecular weight is 280 g/mol. The number of fused-ring (bicyclic) bond motifs is 3. The maximum Gasteiger partial charge on any atom is 0.170 e. The molecule has 96 valence electrons. The summed E-state index contributed by atoms with van der Waals surface area (Å²) < 4.78 is 2.04. The van der Waals surface area contributed by atoms with Crippen LogP contribution in [0, 0.1) is 0 Å². The van der Waals surface area contributed by atoms with Crippen molar-refractivity contribution in [2.75, 3.05) is 0 Å². The second kappa shape index (κ2) is 4.32. The molecule has 3 nitrogen and oxygen atoms in total. The van der Waals surface area contributed by atoms with Crippen LogP contribution in [0.2, 0.25) is 5.02 Å². The molecule has 2 aromatic carbocycles. The molecule has 0 bridgehead atoms. The van der Waals surface area contributed by atoms with E-state index < -0.39 is 0 Å². The Bertz CT molecular complexity index is 927. The van der Waals surface area contributed by atoms with E-state index in [4.69, 9.17) is 11.6 Å². The Labute approximate surface area is 120 Å². The molecule has 0 amide bonds. The van der Waals surface area contributed by atoms with E-state index in [-0.39, 0.29) is 0 Å². The zero-order valence-corrected chi connectivity index (χ0v) is 11.2. The maximum absolute atomic E-state index is 6.29. The lowest BCUT2D eigenvalue weighted by molar-refractivity contribution is 1.12. The Balaban J connectivity index is 2.16. The topological polar surface area (TPSA) is 30.2 Å². The van der Waals surface area contributed by atoms with Crippen LogP contribution in [0.25, 0.3) is 27.9 Å². The van der Waals surface area contributed by atoms with Gasteiger partial charge in [-0.1, -0.05) is 41.9 Å². The van der Waals surface area contributed by atoms with Gasteiger partial charge < -0.3 is 0 Å². The van der Waals surface area contributed by atoms with E-state index in [0.29, 0.717) is 5.02 Å². The van der Waals surface area contributed by atoms with Gasteiger partial charge in [0, 0.05) is 5.56 Å². The van der Waals surface area contributed by atoms with Crippen LogP contribution in [0.15, 0.2) is 60.7 Å². The van der Waals surface area contributed by atoms with Crippen molar-refractivity contribution in [2.24, 2.45) is 0 Å². The molecular formula is C16H10ClN3. The molecule has 0 saturated carbocycles. The van der Waals surface area contributed by atoms with E-state index >= 15 is 0 Å². The molecule has 4 rings (SSSR count). The Hall–Kier alpha value is -2.39. The number of rotatable bonds is 1. The molecular weight excluding hydrogens is 270 g/mol. The Morgan fingerprint density at radius 2 is 1.60 bits per heavy atom.